The van der Waals surface area contributed by atoms with Crippen molar-refractivity contribution in [1.29, 1.82) is 0 Å². The third-order valence-corrected chi connectivity index (χ3v) is 8.10. The Labute approximate surface area is 190 Å². The van der Waals surface area contributed by atoms with E-state index in [2.05, 4.69) is 4.98 Å². The Morgan fingerprint density at radius 2 is 1.76 bits per heavy atom. The summed E-state index contributed by atoms with van der Waals surface area (Å²) in [5.74, 6) is -0.386. The van der Waals surface area contributed by atoms with E-state index >= 15 is 0 Å². The Morgan fingerprint density at radius 1 is 1.06 bits per heavy atom. The van der Waals surface area contributed by atoms with Crippen LogP contribution < -0.4 is 16.1 Å². The molecule has 0 radical (unpaired) electrons. The highest BCUT2D eigenvalue weighted by molar-refractivity contribution is 7.89. The first-order valence-corrected chi connectivity index (χ1v) is 12.1. The molecular formula is C22H25N5O5S. The molecule has 1 aliphatic heterocycles. The number of carbonyl (C=O) groups is 1. The Kier molecular flexibility index (Phi) is 5.71. The molecule has 0 fully saturated rings. The molecule has 0 saturated carbocycles. The van der Waals surface area contributed by atoms with Crippen LogP contribution in [0.25, 0.3) is 11.0 Å². The van der Waals surface area contributed by atoms with Crippen LogP contribution in [0.4, 0.5) is 5.69 Å². The van der Waals surface area contributed by atoms with Crippen LogP contribution in [0.5, 0.6) is 0 Å². The number of hydrogen-bond acceptors (Lipinski definition) is 6. The van der Waals surface area contributed by atoms with E-state index in [-0.39, 0.29) is 27.5 Å². The number of rotatable bonds is 5. The number of aromatic nitrogens is 3. The van der Waals surface area contributed by atoms with E-state index in [1.54, 1.807) is 26.0 Å². The lowest BCUT2D eigenvalue weighted by Gasteiger charge is -2.20. The van der Waals surface area contributed by atoms with Gasteiger partial charge in [0.2, 0.25) is 10.0 Å². The number of hydrogen-bond donors (Lipinski definition) is 0. The molecule has 33 heavy (non-hydrogen) atoms. The summed E-state index contributed by atoms with van der Waals surface area (Å²) >= 11 is 0. The second-order valence-corrected chi connectivity index (χ2v) is 9.80. The molecule has 0 bridgehead atoms. The Hall–Kier alpha value is -3.31. The van der Waals surface area contributed by atoms with E-state index in [9.17, 15) is 22.8 Å². The first kappa shape index (κ1) is 22.9. The molecule has 0 atom stereocenters. The molecule has 1 aromatic carbocycles. The van der Waals surface area contributed by atoms with Crippen molar-refractivity contribution in [2.45, 2.75) is 25.2 Å². The van der Waals surface area contributed by atoms with Crippen LogP contribution in [-0.2, 0) is 30.5 Å². The number of sulfonamides is 1. The molecule has 0 aliphatic carbocycles. The van der Waals surface area contributed by atoms with Gasteiger partial charge in [-0.05, 0) is 42.3 Å². The molecule has 3 aromatic rings. The SMILES string of the molecule is CCN(CC)S(=O)(=O)c1ccc2c(c1)CCN2C(=O)c1ccc2c(=O)n(C)c(=O)n(C)c2n1. The predicted octanol–water partition coefficient (Wildman–Crippen LogP) is 0.866. The van der Waals surface area contributed by atoms with Crippen LogP contribution in [0.3, 0.4) is 0 Å². The number of nitrogens with zero attached hydrogens (tertiary/aromatic N) is 5. The first-order chi connectivity index (χ1) is 15.6. The van der Waals surface area contributed by atoms with E-state index in [1.807, 2.05) is 0 Å². The maximum absolute atomic E-state index is 13.3. The van der Waals surface area contributed by atoms with Crippen LogP contribution in [0, 0.1) is 0 Å². The van der Waals surface area contributed by atoms with Crippen LogP contribution in [0.15, 0.2) is 44.8 Å². The van der Waals surface area contributed by atoms with Gasteiger partial charge in [-0.2, -0.15) is 4.31 Å². The number of pyridine rings is 1. The highest BCUT2D eigenvalue weighted by atomic mass is 32.2. The summed E-state index contributed by atoms with van der Waals surface area (Å²) in [6.07, 6.45) is 0.509. The predicted molar refractivity (Wildman–Crippen MR) is 124 cm³/mol. The number of fused-ring (bicyclic) bond motifs is 2. The van der Waals surface area contributed by atoms with Gasteiger partial charge >= 0.3 is 5.69 Å². The molecular weight excluding hydrogens is 446 g/mol. The topological polar surface area (TPSA) is 115 Å². The van der Waals surface area contributed by atoms with Gasteiger partial charge in [-0.3, -0.25) is 18.7 Å². The zero-order valence-electron chi connectivity index (χ0n) is 18.9. The zero-order valence-corrected chi connectivity index (χ0v) is 19.7. The monoisotopic (exact) mass is 471 g/mol. The summed E-state index contributed by atoms with van der Waals surface area (Å²) in [6.45, 7) is 4.70. The second kappa shape index (κ2) is 8.23. The highest BCUT2D eigenvalue weighted by Crippen LogP contribution is 2.32. The third kappa shape index (κ3) is 3.57. The lowest BCUT2D eigenvalue weighted by molar-refractivity contribution is 0.0985. The summed E-state index contributed by atoms with van der Waals surface area (Å²) in [6, 6.07) is 7.74. The van der Waals surface area contributed by atoms with Crippen molar-refractivity contribution in [3.05, 3.63) is 62.4 Å². The Morgan fingerprint density at radius 3 is 2.42 bits per heavy atom. The Balaban J connectivity index is 1.72. The average molecular weight is 472 g/mol. The minimum Gasteiger partial charge on any atom is -0.306 e. The van der Waals surface area contributed by atoms with Gasteiger partial charge in [-0.1, -0.05) is 13.8 Å². The lowest BCUT2D eigenvalue weighted by atomic mass is 10.2. The molecule has 0 spiro atoms. The Bertz CT molecular complexity index is 1500. The van der Waals surface area contributed by atoms with Crippen molar-refractivity contribution >= 4 is 32.7 Å². The second-order valence-electron chi connectivity index (χ2n) is 7.86. The molecule has 0 N–H and O–H groups in total. The molecule has 1 amide bonds. The van der Waals surface area contributed by atoms with Gasteiger partial charge in [0.05, 0.1) is 10.3 Å². The van der Waals surface area contributed by atoms with E-state index in [0.29, 0.717) is 31.7 Å². The van der Waals surface area contributed by atoms with E-state index in [1.165, 1.54) is 46.1 Å². The van der Waals surface area contributed by atoms with Crippen LogP contribution >= 0.6 is 0 Å². The van der Waals surface area contributed by atoms with Crippen LogP contribution in [-0.4, -0.2) is 52.4 Å². The zero-order chi connectivity index (χ0) is 24.1. The minimum absolute atomic E-state index is 0.0958. The summed E-state index contributed by atoms with van der Waals surface area (Å²) in [5.41, 5.74) is 0.607. The van der Waals surface area contributed by atoms with Crippen molar-refractivity contribution in [2.75, 3.05) is 24.5 Å². The normalized spacial score (nSPS) is 13.7. The molecule has 0 unspecified atom stereocenters. The van der Waals surface area contributed by atoms with Crippen molar-refractivity contribution in [3.8, 4) is 0 Å². The summed E-state index contributed by atoms with van der Waals surface area (Å²) < 4.78 is 29.3. The quantitative estimate of drug-likeness (QED) is 0.545. The summed E-state index contributed by atoms with van der Waals surface area (Å²) in [4.78, 5) is 43.9. The fourth-order valence-electron chi connectivity index (χ4n) is 4.17. The number of carbonyl (C=O) groups excluding carboxylic acids is 1. The molecule has 1 aliphatic rings. The highest BCUT2D eigenvalue weighted by Gasteiger charge is 2.30. The first-order valence-electron chi connectivity index (χ1n) is 10.6. The van der Waals surface area contributed by atoms with Crippen molar-refractivity contribution in [3.63, 3.8) is 0 Å². The number of anilines is 1. The van der Waals surface area contributed by atoms with Crippen molar-refractivity contribution in [1.82, 2.24) is 18.4 Å². The van der Waals surface area contributed by atoms with E-state index < -0.39 is 21.3 Å². The fraction of sp³-hybridized carbons (Fsp3) is 0.364. The standard InChI is InChI=1S/C22H25N5O5S/c1-5-26(6-2)33(31,32)15-7-10-18-14(13-15)11-12-27(18)21(29)17-9-8-16-19(23-17)24(3)22(30)25(4)20(16)28/h7-10,13H,5-6,11-12H2,1-4H3. The van der Waals surface area contributed by atoms with Gasteiger partial charge in [0.15, 0.2) is 0 Å². The average Bonchev–Trinajstić information content (AvgIpc) is 3.24. The van der Waals surface area contributed by atoms with Crippen LogP contribution in [0.2, 0.25) is 0 Å². The molecule has 0 saturated heterocycles. The van der Waals surface area contributed by atoms with Crippen molar-refractivity contribution in [2.24, 2.45) is 14.1 Å². The fourth-order valence-corrected chi connectivity index (χ4v) is 5.68. The van der Waals surface area contributed by atoms with E-state index in [4.69, 9.17) is 0 Å². The molecule has 11 heteroatoms. The van der Waals surface area contributed by atoms with Gasteiger partial charge in [0, 0.05) is 39.4 Å². The summed E-state index contributed by atoms with van der Waals surface area (Å²) in [5, 5.41) is 0.240. The molecule has 3 heterocycles. The third-order valence-electron chi connectivity index (χ3n) is 6.06. The number of benzene rings is 1. The van der Waals surface area contributed by atoms with Gasteiger partial charge in [-0.25, -0.2) is 18.2 Å². The molecule has 10 nitrogen and oxygen atoms in total. The smallest absolute Gasteiger partial charge is 0.306 e. The van der Waals surface area contributed by atoms with Gasteiger partial charge in [0.1, 0.15) is 11.3 Å². The van der Waals surface area contributed by atoms with Crippen molar-refractivity contribution < 1.29 is 13.2 Å². The van der Waals surface area contributed by atoms with Crippen LogP contribution in [0.1, 0.15) is 29.9 Å². The molecule has 4 rings (SSSR count). The van der Waals surface area contributed by atoms with E-state index in [0.717, 1.165) is 10.1 Å². The number of aryl methyl sites for hydroxylation is 1. The number of amides is 1. The maximum Gasteiger partial charge on any atom is 0.332 e. The lowest BCUT2D eigenvalue weighted by Crippen LogP contribution is -2.37. The van der Waals surface area contributed by atoms with Gasteiger partial charge in [-0.15, -0.1) is 0 Å². The van der Waals surface area contributed by atoms with Gasteiger partial charge < -0.3 is 4.90 Å². The maximum atomic E-state index is 13.3. The molecule has 2 aromatic heterocycles. The molecule has 174 valence electrons. The largest absolute Gasteiger partial charge is 0.332 e. The van der Waals surface area contributed by atoms with Gasteiger partial charge in [0.25, 0.3) is 11.5 Å². The summed E-state index contributed by atoms with van der Waals surface area (Å²) in [7, 11) is -0.718. The minimum atomic E-state index is -3.60.